The van der Waals surface area contributed by atoms with E-state index in [-0.39, 0.29) is 25.2 Å². The van der Waals surface area contributed by atoms with Gasteiger partial charge < -0.3 is 10.2 Å². The van der Waals surface area contributed by atoms with E-state index in [2.05, 4.69) is 0 Å². The van der Waals surface area contributed by atoms with E-state index in [4.69, 9.17) is 10.2 Å². The molecule has 1 heterocycles. The fourth-order valence-electron chi connectivity index (χ4n) is 1.29. The van der Waals surface area contributed by atoms with Crippen molar-refractivity contribution in [1.29, 1.82) is 0 Å². The van der Waals surface area contributed by atoms with E-state index in [1.165, 1.54) is 0 Å². The summed E-state index contributed by atoms with van der Waals surface area (Å²) in [4.78, 5) is 32.6. The summed E-state index contributed by atoms with van der Waals surface area (Å²) in [6, 6.07) is -1.07. The lowest BCUT2D eigenvalue weighted by atomic mass is 10.0. The molecule has 0 aliphatic carbocycles. The summed E-state index contributed by atoms with van der Waals surface area (Å²) >= 11 is 0. The Balaban J connectivity index is 2.77. The molecule has 1 saturated heterocycles. The van der Waals surface area contributed by atoms with Crippen LogP contribution in [0.4, 0.5) is 4.79 Å². The van der Waals surface area contributed by atoms with Crippen molar-refractivity contribution in [2.24, 2.45) is 0 Å². The third-order valence-corrected chi connectivity index (χ3v) is 1.95. The van der Waals surface area contributed by atoms with Crippen LogP contribution in [0.15, 0.2) is 0 Å². The van der Waals surface area contributed by atoms with E-state index in [9.17, 15) is 14.4 Å². The van der Waals surface area contributed by atoms with Crippen molar-refractivity contribution >= 4 is 17.8 Å². The van der Waals surface area contributed by atoms with E-state index >= 15 is 0 Å². The molecular weight excluding hydrogens is 178 g/mol. The maximum atomic E-state index is 10.8. The van der Waals surface area contributed by atoms with Gasteiger partial charge in [-0.2, -0.15) is 0 Å². The van der Waals surface area contributed by atoms with E-state index in [0.29, 0.717) is 4.90 Å². The summed E-state index contributed by atoms with van der Waals surface area (Å²) in [5, 5.41) is 17.2. The Morgan fingerprint density at radius 2 is 2.00 bits per heavy atom. The molecule has 0 saturated carbocycles. The highest BCUT2D eigenvalue weighted by molar-refractivity contribution is 5.89. The molecular formula is C7H9NO5. The van der Waals surface area contributed by atoms with Crippen LogP contribution in [0.25, 0.3) is 0 Å². The average Bonchev–Trinajstić information content (AvgIpc) is 2.03. The molecule has 0 bridgehead atoms. The number of aliphatic carboxylic acids is 1. The zero-order valence-electron chi connectivity index (χ0n) is 6.77. The monoisotopic (exact) mass is 187 g/mol. The van der Waals surface area contributed by atoms with Crippen LogP contribution in [-0.2, 0) is 9.59 Å². The maximum Gasteiger partial charge on any atom is 0.408 e. The number of rotatable bonds is 1. The summed E-state index contributed by atoms with van der Waals surface area (Å²) in [6.07, 6.45) is -1.15. The number of hydrogen-bond acceptors (Lipinski definition) is 3. The van der Waals surface area contributed by atoms with Crippen molar-refractivity contribution in [1.82, 2.24) is 4.90 Å². The van der Waals surface area contributed by atoms with E-state index < -0.39 is 18.1 Å². The number of ketones is 1. The standard InChI is InChI=1S/C7H9NO5/c9-4-1-2-5(6(10)11)8(3-4)7(12)13/h5H,1-3H2,(H,10,11)(H,12,13)/t5-/m0/s1. The lowest BCUT2D eigenvalue weighted by Crippen LogP contribution is -2.50. The van der Waals surface area contributed by atoms with Crippen molar-refractivity contribution < 1.29 is 24.6 Å². The molecule has 1 amide bonds. The number of likely N-dealkylation sites (tertiary alicyclic amines) is 1. The second-order valence-electron chi connectivity index (χ2n) is 2.84. The molecule has 0 unspecified atom stereocenters. The van der Waals surface area contributed by atoms with E-state index in [1.54, 1.807) is 0 Å². The Kier molecular flexibility index (Phi) is 2.50. The van der Waals surface area contributed by atoms with Crippen LogP contribution < -0.4 is 0 Å². The Bertz CT molecular complexity index is 262. The first-order valence-electron chi connectivity index (χ1n) is 3.76. The molecule has 72 valence electrons. The summed E-state index contributed by atoms with van der Waals surface area (Å²) < 4.78 is 0. The fourth-order valence-corrected chi connectivity index (χ4v) is 1.29. The number of hydrogen-bond donors (Lipinski definition) is 2. The van der Waals surface area contributed by atoms with Gasteiger partial charge in [0.1, 0.15) is 6.04 Å². The Morgan fingerprint density at radius 3 is 2.46 bits per heavy atom. The highest BCUT2D eigenvalue weighted by atomic mass is 16.4. The van der Waals surface area contributed by atoms with Gasteiger partial charge in [-0.05, 0) is 6.42 Å². The van der Waals surface area contributed by atoms with Crippen LogP contribution in [-0.4, -0.2) is 45.5 Å². The molecule has 1 rings (SSSR count). The molecule has 0 aromatic carbocycles. The number of amides is 1. The van der Waals surface area contributed by atoms with Gasteiger partial charge in [0.25, 0.3) is 0 Å². The van der Waals surface area contributed by atoms with Crippen molar-refractivity contribution in [3.05, 3.63) is 0 Å². The number of carbonyl (C=O) groups excluding carboxylic acids is 1. The Morgan fingerprint density at radius 1 is 1.38 bits per heavy atom. The van der Waals surface area contributed by atoms with Gasteiger partial charge in [0.2, 0.25) is 0 Å². The summed E-state index contributed by atoms with van der Waals surface area (Å²) in [7, 11) is 0. The molecule has 6 heteroatoms. The largest absolute Gasteiger partial charge is 0.480 e. The smallest absolute Gasteiger partial charge is 0.408 e. The fraction of sp³-hybridized carbons (Fsp3) is 0.571. The van der Waals surface area contributed by atoms with Gasteiger partial charge in [0.05, 0.1) is 6.54 Å². The van der Waals surface area contributed by atoms with Gasteiger partial charge in [-0.1, -0.05) is 0 Å². The highest BCUT2D eigenvalue weighted by Crippen LogP contribution is 2.14. The van der Waals surface area contributed by atoms with Crippen molar-refractivity contribution in [3.63, 3.8) is 0 Å². The molecule has 0 aromatic heterocycles. The minimum atomic E-state index is -1.36. The molecule has 1 aliphatic rings. The summed E-state index contributed by atoms with van der Waals surface area (Å²) in [5.41, 5.74) is 0. The van der Waals surface area contributed by atoms with Gasteiger partial charge in [0, 0.05) is 6.42 Å². The predicted molar refractivity (Wildman–Crippen MR) is 40.4 cm³/mol. The van der Waals surface area contributed by atoms with Crippen LogP contribution in [0.3, 0.4) is 0 Å². The molecule has 1 fully saturated rings. The highest BCUT2D eigenvalue weighted by Gasteiger charge is 2.34. The van der Waals surface area contributed by atoms with Crippen LogP contribution in [0, 0.1) is 0 Å². The Labute approximate surface area is 73.8 Å². The van der Waals surface area contributed by atoms with Crippen molar-refractivity contribution in [2.45, 2.75) is 18.9 Å². The first-order valence-corrected chi connectivity index (χ1v) is 3.76. The zero-order chi connectivity index (χ0) is 10.0. The number of nitrogens with zero attached hydrogens (tertiary/aromatic N) is 1. The lowest BCUT2D eigenvalue weighted by Gasteiger charge is -2.29. The Hall–Kier alpha value is -1.59. The first-order chi connectivity index (χ1) is 6.02. The van der Waals surface area contributed by atoms with Crippen LogP contribution in [0.2, 0.25) is 0 Å². The summed E-state index contributed by atoms with van der Waals surface area (Å²) in [6.45, 7) is -0.313. The second-order valence-corrected chi connectivity index (χ2v) is 2.84. The van der Waals surface area contributed by atoms with Crippen molar-refractivity contribution in [2.75, 3.05) is 6.54 Å². The molecule has 6 nitrogen and oxygen atoms in total. The molecule has 0 aromatic rings. The maximum absolute atomic E-state index is 10.8. The third kappa shape index (κ3) is 1.95. The molecule has 1 atom stereocenters. The molecule has 0 radical (unpaired) electrons. The van der Waals surface area contributed by atoms with Crippen molar-refractivity contribution in [3.8, 4) is 0 Å². The quantitative estimate of drug-likeness (QED) is 0.591. The number of carbonyl (C=O) groups is 3. The average molecular weight is 187 g/mol. The molecule has 2 N–H and O–H groups in total. The number of piperidine rings is 1. The normalized spacial score (nSPS) is 22.9. The minimum absolute atomic E-state index is 0.0699. The zero-order valence-corrected chi connectivity index (χ0v) is 6.77. The third-order valence-electron chi connectivity index (χ3n) is 1.95. The van der Waals surface area contributed by atoms with Crippen LogP contribution in [0.5, 0.6) is 0 Å². The first kappa shape index (κ1) is 9.50. The minimum Gasteiger partial charge on any atom is -0.480 e. The number of carboxylic acids is 1. The SMILES string of the molecule is O=C1CC[C@@H](C(=O)O)N(C(=O)O)C1. The predicted octanol–water partition coefficient (Wildman–Crippen LogP) is -0.218. The van der Waals surface area contributed by atoms with Gasteiger partial charge in [-0.15, -0.1) is 0 Å². The van der Waals surface area contributed by atoms with Crippen LogP contribution >= 0.6 is 0 Å². The van der Waals surface area contributed by atoms with Gasteiger partial charge in [0.15, 0.2) is 5.78 Å². The van der Waals surface area contributed by atoms with Gasteiger partial charge >= 0.3 is 12.1 Å². The van der Waals surface area contributed by atoms with E-state index in [1.807, 2.05) is 0 Å². The molecule has 1 aliphatic heterocycles. The molecule has 0 spiro atoms. The van der Waals surface area contributed by atoms with Gasteiger partial charge in [-0.25, -0.2) is 9.59 Å². The summed E-state index contributed by atoms with van der Waals surface area (Å²) in [5.74, 6) is -1.44. The van der Waals surface area contributed by atoms with E-state index in [0.717, 1.165) is 0 Å². The van der Waals surface area contributed by atoms with Gasteiger partial charge in [-0.3, -0.25) is 9.69 Å². The van der Waals surface area contributed by atoms with Crippen LogP contribution in [0.1, 0.15) is 12.8 Å². The number of Topliss-reactive ketones (excluding diaryl/α,β-unsaturated/α-hetero) is 1. The second kappa shape index (κ2) is 3.42. The topological polar surface area (TPSA) is 94.9 Å². The molecule has 13 heavy (non-hydrogen) atoms. The number of carboxylic acid groups (broad SMARTS) is 2. The lowest BCUT2D eigenvalue weighted by molar-refractivity contribution is -0.145.